The van der Waals surface area contributed by atoms with Crippen LogP contribution >= 0.6 is 27.3 Å². The van der Waals surface area contributed by atoms with Gasteiger partial charge in [0.2, 0.25) is 0 Å². The molecular weight excluding hydrogens is 576 g/mol. The minimum atomic E-state index is -0.613. The minimum Gasteiger partial charge on any atom is -0.489 e. The average molecular weight is 604 g/mol. The number of hydrogen-bond acceptors (Lipinski definition) is 6. The molecule has 2 heterocycles. The first kappa shape index (κ1) is 26.8. The van der Waals surface area contributed by atoms with Gasteiger partial charge in [0.1, 0.15) is 12.4 Å². The third-order valence-corrected chi connectivity index (χ3v) is 7.92. The average Bonchev–Trinajstić information content (AvgIpc) is 3.23. The van der Waals surface area contributed by atoms with Crippen LogP contribution in [-0.2, 0) is 16.1 Å². The Hall–Kier alpha value is -3.75. The van der Waals surface area contributed by atoms with E-state index in [1.165, 1.54) is 11.3 Å². The molecule has 198 valence electrons. The number of halogens is 1. The highest BCUT2D eigenvalue weighted by Gasteiger charge is 2.33. The lowest BCUT2D eigenvalue weighted by Gasteiger charge is -2.24. The van der Waals surface area contributed by atoms with Gasteiger partial charge in [0.25, 0.3) is 5.56 Å². The molecule has 6 nitrogen and oxygen atoms in total. The molecule has 1 atom stereocenters. The maximum absolute atomic E-state index is 13.7. The molecule has 1 aliphatic heterocycles. The number of carbonyl (C=O) groups is 1. The van der Waals surface area contributed by atoms with E-state index in [2.05, 4.69) is 20.9 Å². The van der Waals surface area contributed by atoms with Gasteiger partial charge in [-0.05, 0) is 67.8 Å². The highest BCUT2D eigenvalue weighted by Crippen LogP contribution is 2.30. The van der Waals surface area contributed by atoms with Crippen LogP contribution < -0.4 is 19.6 Å². The smallest absolute Gasteiger partial charge is 0.338 e. The molecule has 1 aliphatic rings. The molecule has 4 aromatic rings. The van der Waals surface area contributed by atoms with Crippen LogP contribution in [0.15, 0.2) is 98.3 Å². The van der Waals surface area contributed by atoms with Crippen molar-refractivity contribution in [3.8, 4) is 5.75 Å². The standard InChI is InChI=1S/C31H27BrN2O4S/c1-4-37-30(36)27-20(3)33-31-34(28(27)23-11-5-19(2)6-12-23)29(35)26(39-31)17-21-9-15-25(16-10-21)38-18-22-7-13-24(32)14-8-22/h5-17,28H,4,18H2,1-3H3/b26-17+/t28-/m1/s1. The normalized spacial score (nSPS) is 15.1. The number of ether oxygens (including phenoxy) is 2. The lowest BCUT2D eigenvalue weighted by Crippen LogP contribution is -2.39. The molecule has 39 heavy (non-hydrogen) atoms. The van der Waals surface area contributed by atoms with Crippen molar-refractivity contribution in [3.05, 3.63) is 130 Å². The van der Waals surface area contributed by atoms with Gasteiger partial charge < -0.3 is 9.47 Å². The molecule has 0 spiro atoms. The van der Waals surface area contributed by atoms with Crippen molar-refractivity contribution in [3.63, 3.8) is 0 Å². The number of benzene rings is 3. The molecule has 0 amide bonds. The molecule has 0 saturated carbocycles. The molecule has 8 heteroatoms. The molecule has 0 bridgehead atoms. The van der Waals surface area contributed by atoms with Crippen LogP contribution in [0.3, 0.4) is 0 Å². The second kappa shape index (κ2) is 11.6. The predicted molar refractivity (Wildman–Crippen MR) is 156 cm³/mol. The van der Waals surface area contributed by atoms with Crippen LogP contribution in [0.25, 0.3) is 6.08 Å². The van der Waals surface area contributed by atoms with Crippen molar-refractivity contribution in [1.82, 2.24) is 4.57 Å². The number of fused-ring (bicyclic) bond motifs is 1. The monoisotopic (exact) mass is 602 g/mol. The molecule has 0 fully saturated rings. The number of esters is 1. The number of aromatic nitrogens is 1. The first-order valence-corrected chi connectivity index (χ1v) is 14.2. The van der Waals surface area contributed by atoms with E-state index >= 15 is 0 Å². The summed E-state index contributed by atoms with van der Waals surface area (Å²) in [5.74, 6) is 0.280. The zero-order valence-electron chi connectivity index (χ0n) is 21.8. The fourth-order valence-electron chi connectivity index (χ4n) is 4.41. The van der Waals surface area contributed by atoms with E-state index in [1.54, 1.807) is 18.4 Å². The summed E-state index contributed by atoms with van der Waals surface area (Å²) < 4.78 is 14.4. The maximum atomic E-state index is 13.7. The summed E-state index contributed by atoms with van der Waals surface area (Å²) in [6.07, 6.45) is 1.85. The van der Waals surface area contributed by atoms with Crippen molar-refractivity contribution in [2.75, 3.05) is 6.61 Å². The van der Waals surface area contributed by atoms with E-state index in [0.717, 1.165) is 32.5 Å². The largest absolute Gasteiger partial charge is 0.489 e. The van der Waals surface area contributed by atoms with Gasteiger partial charge >= 0.3 is 5.97 Å². The van der Waals surface area contributed by atoms with Gasteiger partial charge in [-0.2, -0.15) is 0 Å². The highest BCUT2D eigenvalue weighted by molar-refractivity contribution is 9.10. The molecule has 5 rings (SSSR count). The molecule has 0 unspecified atom stereocenters. The number of nitrogens with zero attached hydrogens (tertiary/aromatic N) is 2. The SMILES string of the molecule is CCOC(=O)C1=C(C)N=c2s/c(=C/c3ccc(OCc4ccc(Br)cc4)cc3)c(=O)n2[C@@H]1c1ccc(C)cc1. The Bertz CT molecular complexity index is 1720. The van der Waals surface area contributed by atoms with Crippen molar-refractivity contribution in [1.29, 1.82) is 0 Å². The van der Waals surface area contributed by atoms with Gasteiger partial charge in [0.05, 0.1) is 28.5 Å². The summed E-state index contributed by atoms with van der Waals surface area (Å²) in [4.78, 5) is 31.9. The summed E-state index contributed by atoms with van der Waals surface area (Å²) >= 11 is 4.75. The van der Waals surface area contributed by atoms with Crippen LogP contribution in [0.4, 0.5) is 0 Å². The lowest BCUT2D eigenvalue weighted by molar-refractivity contribution is -0.139. The summed E-state index contributed by atoms with van der Waals surface area (Å²) in [7, 11) is 0. The van der Waals surface area contributed by atoms with Crippen LogP contribution in [0.1, 0.15) is 42.1 Å². The first-order valence-electron chi connectivity index (χ1n) is 12.6. The Kier molecular flexibility index (Phi) is 7.95. The van der Waals surface area contributed by atoms with Crippen molar-refractivity contribution in [2.45, 2.75) is 33.4 Å². The summed E-state index contributed by atoms with van der Waals surface area (Å²) in [5, 5.41) is 0. The van der Waals surface area contributed by atoms with Gasteiger partial charge in [-0.15, -0.1) is 0 Å². The third-order valence-electron chi connectivity index (χ3n) is 6.41. The van der Waals surface area contributed by atoms with E-state index in [0.29, 0.717) is 27.2 Å². The Labute approximate surface area is 238 Å². The summed E-state index contributed by atoms with van der Waals surface area (Å²) in [6.45, 7) is 6.26. The second-order valence-electron chi connectivity index (χ2n) is 9.20. The van der Waals surface area contributed by atoms with Gasteiger partial charge in [-0.3, -0.25) is 9.36 Å². The lowest BCUT2D eigenvalue weighted by atomic mass is 9.95. The molecule has 1 aromatic heterocycles. The van der Waals surface area contributed by atoms with Gasteiger partial charge in [-0.1, -0.05) is 81.4 Å². The van der Waals surface area contributed by atoms with Gasteiger partial charge in [0.15, 0.2) is 4.80 Å². The Morgan fingerprint density at radius 3 is 2.38 bits per heavy atom. The zero-order chi connectivity index (χ0) is 27.5. The van der Waals surface area contributed by atoms with Crippen molar-refractivity contribution in [2.24, 2.45) is 4.99 Å². The van der Waals surface area contributed by atoms with Crippen molar-refractivity contribution < 1.29 is 14.3 Å². The highest BCUT2D eigenvalue weighted by atomic mass is 79.9. The van der Waals surface area contributed by atoms with Gasteiger partial charge in [-0.25, -0.2) is 9.79 Å². The Morgan fingerprint density at radius 2 is 1.72 bits per heavy atom. The Morgan fingerprint density at radius 1 is 1.03 bits per heavy atom. The number of rotatable bonds is 7. The second-order valence-corrected chi connectivity index (χ2v) is 11.1. The maximum Gasteiger partial charge on any atom is 0.338 e. The fraction of sp³-hybridized carbons (Fsp3) is 0.194. The summed E-state index contributed by atoms with van der Waals surface area (Å²) in [6, 6.07) is 22.8. The van der Waals surface area contributed by atoms with E-state index in [-0.39, 0.29) is 12.2 Å². The van der Waals surface area contributed by atoms with Crippen LogP contribution in [-0.4, -0.2) is 17.1 Å². The number of hydrogen-bond donors (Lipinski definition) is 0. The number of aryl methyl sites for hydroxylation is 1. The number of thiazole rings is 1. The molecular formula is C31H27BrN2O4S. The quantitative estimate of drug-likeness (QED) is 0.264. The molecule has 0 saturated heterocycles. The van der Waals surface area contributed by atoms with Gasteiger partial charge in [0, 0.05) is 4.47 Å². The molecule has 0 radical (unpaired) electrons. The van der Waals surface area contributed by atoms with E-state index in [4.69, 9.17) is 9.47 Å². The minimum absolute atomic E-state index is 0.200. The van der Waals surface area contributed by atoms with Crippen molar-refractivity contribution >= 4 is 39.3 Å². The number of allylic oxidation sites excluding steroid dienone is 1. The summed E-state index contributed by atoms with van der Waals surface area (Å²) in [5.41, 5.74) is 4.60. The van der Waals surface area contributed by atoms with E-state index in [9.17, 15) is 9.59 Å². The molecule has 3 aromatic carbocycles. The molecule has 0 aliphatic carbocycles. The van der Waals surface area contributed by atoms with Crippen LogP contribution in [0, 0.1) is 6.92 Å². The van der Waals surface area contributed by atoms with Crippen LogP contribution in [0.5, 0.6) is 5.75 Å². The fourth-order valence-corrected chi connectivity index (χ4v) is 5.73. The predicted octanol–water partition coefficient (Wildman–Crippen LogP) is 5.45. The zero-order valence-corrected chi connectivity index (χ0v) is 24.2. The molecule has 0 N–H and O–H groups in total. The van der Waals surface area contributed by atoms with E-state index < -0.39 is 12.0 Å². The first-order chi connectivity index (χ1) is 18.8. The Balaban J connectivity index is 1.48. The topological polar surface area (TPSA) is 69.9 Å². The van der Waals surface area contributed by atoms with Crippen LogP contribution in [0.2, 0.25) is 0 Å². The third kappa shape index (κ3) is 5.82. The number of carbonyl (C=O) groups excluding carboxylic acids is 1. The van der Waals surface area contributed by atoms with E-state index in [1.807, 2.05) is 85.8 Å².